The number of halogens is 1. The van der Waals surface area contributed by atoms with Crippen LogP contribution >= 0.6 is 11.6 Å². The van der Waals surface area contributed by atoms with E-state index in [-0.39, 0.29) is 5.91 Å². The zero-order valence-electron chi connectivity index (χ0n) is 10.3. The summed E-state index contributed by atoms with van der Waals surface area (Å²) < 4.78 is 0. The van der Waals surface area contributed by atoms with Crippen molar-refractivity contribution in [3.63, 3.8) is 0 Å². The highest BCUT2D eigenvalue weighted by molar-refractivity contribution is 6.30. The van der Waals surface area contributed by atoms with E-state index in [9.17, 15) is 4.79 Å². The van der Waals surface area contributed by atoms with Gasteiger partial charge in [-0.25, -0.2) is 0 Å². The van der Waals surface area contributed by atoms with Gasteiger partial charge in [-0.15, -0.1) is 0 Å². The minimum absolute atomic E-state index is 0.332. The second-order valence-corrected chi connectivity index (χ2v) is 4.54. The summed E-state index contributed by atoms with van der Waals surface area (Å²) in [4.78, 5) is 13.4. The Balaban J connectivity index is 2.24. The molecule has 0 spiro atoms. The maximum absolute atomic E-state index is 11.8. The number of nitrogens with zero attached hydrogens (tertiary/aromatic N) is 1. The largest absolute Gasteiger partial charge is 0.387 e. The number of benzene rings is 2. The first-order valence-corrected chi connectivity index (χ1v) is 6.29. The number of rotatable bonds is 4. The van der Waals surface area contributed by atoms with Crippen LogP contribution < -0.4 is 4.90 Å². The van der Waals surface area contributed by atoms with Crippen molar-refractivity contribution < 1.29 is 9.90 Å². The van der Waals surface area contributed by atoms with Crippen LogP contribution in [-0.4, -0.2) is 17.6 Å². The molecule has 3 nitrogen and oxygen atoms in total. The maximum Gasteiger partial charge on any atom is 0.252 e. The van der Waals surface area contributed by atoms with Gasteiger partial charge in [0.05, 0.1) is 6.54 Å². The first-order valence-electron chi connectivity index (χ1n) is 5.91. The van der Waals surface area contributed by atoms with Crippen LogP contribution in [0.2, 0.25) is 5.02 Å². The maximum atomic E-state index is 11.8. The van der Waals surface area contributed by atoms with Gasteiger partial charge < -0.3 is 10.0 Å². The third-order valence-corrected chi connectivity index (χ3v) is 3.01. The SMILES string of the molecule is O=C(CO)N(Cc1ccc(Cl)cc1)c1ccccc1. The third kappa shape index (κ3) is 3.56. The Morgan fingerprint density at radius 2 is 1.68 bits per heavy atom. The Labute approximate surface area is 117 Å². The third-order valence-electron chi connectivity index (χ3n) is 2.76. The average Bonchev–Trinajstić information content (AvgIpc) is 2.47. The fraction of sp³-hybridized carbons (Fsp3) is 0.133. The van der Waals surface area contributed by atoms with Crippen LogP contribution in [0.3, 0.4) is 0 Å². The van der Waals surface area contributed by atoms with E-state index in [2.05, 4.69) is 0 Å². The van der Waals surface area contributed by atoms with E-state index in [0.29, 0.717) is 11.6 Å². The van der Waals surface area contributed by atoms with Gasteiger partial charge in [0.25, 0.3) is 5.91 Å². The topological polar surface area (TPSA) is 40.5 Å². The number of amides is 1. The lowest BCUT2D eigenvalue weighted by molar-refractivity contribution is -0.121. The van der Waals surface area contributed by atoms with Crippen molar-refractivity contribution >= 4 is 23.2 Å². The Bertz CT molecular complexity index is 540. The summed E-state index contributed by atoms with van der Waals surface area (Å²) in [5, 5.41) is 9.73. The molecule has 0 atom stereocenters. The molecule has 1 N–H and O–H groups in total. The van der Waals surface area contributed by atoms with Crippen molar-refractivity contribution in [2.45, 2.75) is 6.54 Å². The van der Waals surface area contributed by atoms with Crippen LogP contribution in [0, 0.1) is 0 Å². The molecule has 2 rings (SSSR count). The number of aliphatic hydroxyl groups is 1. The molecule has 0 saturated carbocycles. The quantitative estimate of drug-likeness (QED) is 0.932. The van der Waals surface area contributed by atoms with Crippen molar-refractivity contribution in [1.29, 1.82) is 0 Å². The van der Waals surface area contributed by atoms with Crippen LogP contribution in [0.4, 0.5) is 5.69 Å². The molecule has 0 aromatic heterocycles. The number of hydrogen-bond acceptors (Lipinski definition) is 2. The molecule has 2 aromatic carbocycles. The number of hydrogen-bond donors (Lipinski definition) is 1. The molecule has 4 heteroatoms. The fourth-order valence-electron chi connectivity index (χ4n) is 1.79. The molecule has 0 heterocycles. The molecule has 0 saturated heterocycles. The molecule has 0 bridgehead atoms. The van der Waals surface area contributed by atoms with Crippen LogP contribution in [-0.2, 0) is 11.3 Å². The van der Waals surface area contributed by atoms with E-state index in [0.717, 1.165) is 11.3 Å². The highest BCUT2D eigenvalue weighted by atomic mass is 35.5. The van der Waals surface area contributed by atoms with Crippen molar-refractivity contribution in [3.05, 3.63) is 65.2 Å². The second-order valence-electron chi connectivity index (χ2n) is 4.10. The fourth-order valence-corrected chi connectivity index (χ4v) is 1.92. The van der Waals surface area contributed by atoms with Crippen molar-refractivity contribution in [2.24, 2.45) is 0 Å². The molecule has 0 aliphatic rings. The molecule has 0 radical (unpaired) electrons. The van der Waals surface area contributed by atoms with Crippen LogP contribution in [0.5, 0.6) is 0 Å². The van der Waals surface area contributed by atoms with Crippen LogP contribution in [0.15, 0.2) is 54.6 Å². The van der Waals surface area contributed by atoms with E-state index in [1.165, 1.54) is 0 Å². The van der Waals surface area contributed by atoms with Gasteiger partial charge in [-0.1, -0.05) is 41.9 Å². The highest BCUT2D eigenvalue weighted by Crippen LogP contribution is 2.18. The van der Waals surface area contributed by atoms with E-state index in [1.54, 1.807) is 17.0 Å². The molecule has 98 valence electrons. The minimum atomic E-state index is -0.511. The molecular formula is C15H14ClNO2. The summed E-state index contributed by atoms with van der Waals surface area (Å²) in [5.74, 6) is -0.332. The van der Waals surface area contributed by atoms with Crippen LogP contribution in [0.1, 0.15) is 5.56 Å². The van der Waals surface area contributed by atoms with Gasteiger partial charge in [-0.05, 0) is 29.8 Å². The predicted molar refractivity (Wildman–Crippen MR) is 76.2 cm³/mol. The highest BCUT2D eigenvalue weighted by Gasteiger charge is 2.14. The van der Waals surface area contributed by atoms with E-state index in [1.807, 2.05) is 42.5 Å². The summed E-state index contributed by atoms with van der Waals surface area (Å²) in [5.41, 5.74) is 1.71. The lowest BCUT2D eigenvalue weighted by atomic mass is 10.2. The van der Waals surface area contributed by atoms with Gasteiger partial charge in [-0.2, -0.15) is 0 Å². The smallest absolute Gasteiger partial charge is 0.252 e. The number of carbonyl (C=O) groups excluding carboxylic acids is 1. The molecule has 1 amide bonds. The summed E-state index contributed by atoms with van der Waals surface area (Å²) in [6.07, 6.45) is 0. The normalized spacial score (nSPS) is 10.2. The van der Waals surface area contributed by atoms with E-state index < -0.39 is 6.61 Å². The Morgan fingerprint density at radius 3 is 2.26 bits per heavy atom. The Kier molecular flexibility index (Phi) is 4.55. The molecule has 19 heavy (non-hydrogen) atoms. The first kappa shape index (κ1) is 13.6. The zero-order valence-corrected chi connectivity index (χ0v) is 11.0. The molecule has 0 unspecified atom stereocenters. The number of anilines is 1. The summed E-state index contributed by atoms with van der Waals surface area (Å²) in [6, 6.07) is 16.6. The van der Waals surface area contributed by atoms with E-state index in [4.69, 9.17) is 16.7 Å². The number of carbonyl (C=O) groups is 1. The summed E-state index contributed by atoms with van der Waals surface area (Å²) >= 11 is 5.83. The average molecular weight is 276 g/mol. The Morgan fingerprint density at radius 1 is 1.05 bits per heavy atom. The number of aliphatic hydroxyl groups excluding tert-OH is 1. The molecule has 0 aliphatic carbocycles. The standard InChI is InChI=1S/C15H14ClNO2/c16-13-8-6-12(7-9-13)10-17(15(19)11-18)14-4-2-1-3-5-14/h1-9,18H,10-11H2. The first-order chi connectivity index (χ1) is 9.20. The van der Waals surface area contributed by atoms with Gasteiger partial charge in [-0.3, -0.25) is 4.79 Å². The summed E-state index contributed by atoms with van der Waals surface area (Å²) in [7, 11) is 0. The monoisotopic (exact) mass is 275 g/mol. The molecular weight excluding hydrogens is 262 g/mol. The van der Waals surface area contributed by atoms with Crippen molar-refractivity contribution in [3.8, 4) is 0 Å². The minimum Gasteiger partial charge on any atom is -0.387 e. The van der Waals surface area contributed by atoms with E-state index >= 15 is 0 Å². The lowest BCUT2D eigenvalue weighted by Gasteiger charge is -2.22. The molecule has 2 aromatic rings. The summed E-state index contributed by atoms with van der Waals surface area (Å²) in [6.45, 7) is -0.108. The van der Waals surface area contributed by atoms with Gasteiger partial charge >= 0.3 is 0 Å². The second kappa shape index (κ2) is 6.36. The van der Waals surface area contributed by atoms with Gasteiger partial charge in [0, 0.05) is 10.7 Å². The lowest BCUT2D eigenvalue weighted by Crippen LogP contribution is -2.32. The number of para-hydroxylation sites is 1. The van der Waals surface area contributed by atoms with Gasteiger partial charge in [0.15, 0.2) is 0 Å². The van der Waals surface area contributed by atoms with Gasteiger partial charge in [0.2, 0.25) is 0 Å². The Hall–Kier alpha value is -1.84. The van der Waals surface area contributed by atoms with Gasteiger partial charge in [0.1, 0.15) is 6.61 Å². The molecule has 0 aliphatic heterocycles. The van der Waals surface area contributed by atoms with Crippen molar-refractivity contribution in [2.75, 3.05) is 11.5 Å². The van der Waals surface area contributed by atoms with Crippen LogP contribution in [0.25, 0.3) is 0 Å². The zero-order chi connectivity index (χ0) is 13.7. The van der Waals surface area contributed by atoms with Crippen molar-refractivity contribution in [1.82, 2.24) is 0 Å². The predicted octanol–water partition coefficient (Wildman–Crippen LogP) is 2.87. The molecule has 0 fully saturated rings.